The summed E-state index contributed by atoms with van der Waals surface area (Å²) < 4.78 is 0. The maximum Gasteiger partial charge on any atom is 0.0540 e. The monoisotopic (exact) mass is 1320 g/mol. The molecule has 2 nitrogen and oxygen atoms in total. The average Bonchev–Trinajstić information content (AvgIpc) is 1.53. The summed E-state index contributed by atoms with van der Waals surface area (Å²) in [7, 11) is 0. The Labute approximate surface area is 603 Å². The van der Waals surface area contributed by atoms with Crippen molar-refractivity contribution >= 4 is 34.1 Å². The molecule has 6 aliphatic carbocycles. The molecule has 4 unspecified atom stereocenters. The van der Waals surface area contributed by atoms with Crippen LogP contribution in [0, 0.1) is 0 Å². The van der Waals surface area contributed by atoms with Gasteiger partial charge in [0, 0.05) is 44.7 Å². The first kappa shape index (κ1) is 68.4. The van der Waals surface area contributed by atoms with Crippen LogP contribution in [0.2, 0.25) is 0 Å². The highest BCUT2D eigenvalue weighted by molar-refractivity contribution is 5.95. The van der Waals surface area contributed by atoms with Crippen LogP contribution in [0.25, 0.3) is 44.5 Å². The van der Waals surface area contributed by atoms with Crippen LogP contribution in [0.4, 0.5) is 34.1 Å². The number of para-hydroxylation sites is 4. The Hall–Kier alpha value is -7.42. The molecule has 2 saturated carbocycles. The van der Waals surface area contributed by atoms with Gasteiger partial charge in [0.15, 0.2) is 0 Å². The summed E-state index contributed by atoms with van der Waals surface area (Å²) in [6.45, 7) is 9.48. The highest BCUT2D eigenvalue weighted by Gasteiger charge is 2.49. The smallest absolute Gasteiger partial charge is 0.0540 e. The van der Waals surface area contributed by atoms with E-state index >= 15 is 0 Å². The van der Waals surface area contributed by atoms with Gasteiger partial charge in [0.2, 0.25) is 0 Å². The fraction of sp³-hybridized carbons (Fsp3) is 0.449. The number of rotatable bonds is 36. The first-order valence-corrected chi connectivity index (χ1v) is 41.1. The zero-order chi connectivity index (χ0) is 67.8. The maximum absolute atomic E-state index is 2.89. The highest BCUT2D eigenvalue weighted by atomic mass is 15.2. The SMILES string of the molecule is CCCCCCCCC1(CCCCCCCC)c2cc(N(c3ccccc3)c3ccccc3-c3ccc4c(c3)C3CCC4C3)ccc2-c2cc3c(cc21)-c1ccc(N(c2ccccc2)c2ccccc2-c2ccc4c(c2)C2CCC4C2)cc1C3(CCCCCCCC)CCCCCCCC. The van der Waals surface area contributed by atoms with Crippen molar-refractivity contribution in [3.05, 3.63) is 239 Å². The lowest BCUT2D eigenvalue weighted by Crippen LogP contribution is -2.27. The Kier molecular flexibility index (Phi) is 21.5. The predicted molar refractivity (Wildman–Crippen MR) is 430 cm³/mol. The average molecular weight is 1320 g/mol. The van der Waals surface area contributed by atoms with Crippen LogP contribution in [-0.2, 0) is 10.8 Å². The number of hydrogen-bond acceptors (Lipinski definition) is 2. The molecule has 100 heavy (non-hydrogen) atoms. The van der Waals surface area contributed by atoms with E-state index in [2.05, 4.69) is 232 Å². The van der Waals surface area contributed by atoms with Crippen molar-refractivity contribution in [2.24, 2.45) is 0 Å². The predicted octanol–water partition coefficient (Wildman–Crippen LogP) is 30.2. The summed E-state index contributed by atoms with van der Waals surface area (Å²) in [5.74, 6) is 2.91. The van der Waals surface area contributed by atoms with Gasteiger partial charge in [0.25, 0.3) is 0 Å². The van der Waals surface area contributed by atoms with E-state index in [1.807, 2.05) is 0 Å². The molecule has 0 aromatic heterocycles. The molecule has 6 aliphatic rings. The molecule has 0 N–H and O–H groups in total. The van der Waals surface area contributed by atoms with Gasteiger partial charge in [0.05, 0.1) is 11.4 Å². The second kappa shape index (κ2) is 31.4. The number of anilines is 6. The van der Waals surface area contributed by atoms with Crippen LogP contribution in [0.15, 0.2) is 194 Å². The van der Waals surface area contributed by atoms with Gasteiger partial charge in [-0.05, 0) is 239 Å². The van der Waals surface area contributed by atoms with E-state index in [9.17, 15) is 0 Å². The lowest BCUT2D eigenvalue weighted by Gasteiger charge is -2.36. The van der Waals surface area contributed by atoms with Crippen LogP contribution in [0.5, 0.6) is 0 Å². The second-order valence-electron chi connectivity index (χ2n) is 32.1. The molecule has 0 radical (unpaired) electrons. The van der Waals surface area contributed by atoms with Crippen molar-refractivity contribution in [3.8, 4) is 44.5 Å². The van der Waals surface area contributed by atoms with Gasteiger partial charge in [-0.3, -0.25) is 0 Å². The van der Waals surface area contributed by atoms with Gasteiger partial charge in [-0.1, -0.05) is 303 Å². The molecule has 0 heterocycles. The summed E-state index contributed by atoms with van der Waals surface area (Å²) in [6.07, 6.45) is 44.0. The molecule has 2 fully saturated rings. The van der Waals surface area contributed by atoms with Crippen molar-refractivity contribution in [3.63, 3.8) is 0 Å². The molecule has 518 valence electrons. The second-order valence-corrected chi connectivity index (χ2v) is 32.1. The molecule has 0 amide bonds. The lowest BCUT2D eigenvalue weighted by atomic mass is 9.68. The van der Waals surface area contributed by atoms with E-state index in [1.54, 1.807) is 44.5 Å². The Morgan fingerprint density at radius 2 is 0.580 bits per heavy atom. The van der Waals surface area contributed by atoms with Crippen molar-refractivity contribution in [1.82, 2.24) is 0 Å². The molecule has 9 aromatic carbocycles. The molecule has 0 saturated heterocycles. The van der Waals surface area contributed by atoms with E-state index in [4.69, 9.17) is 0 Å². The fourth-order valence-electron chi connectivity index (χ4n) is 20.7. The molecule has 15 rings (SSSR count). The Morgan fingerprint density at radius 3 is 0.950 bits per heavy atom. The van der Waals surface area contributed by atoms with Gasteiger partial charge < -0.3 is 9.80 Å². The van der Waals surface area contributed by atoms with Crippen molar-refractivity contribution < 1.29 is 0 Å². The van der Waals surface area contributed by atoms with Crippen LogP contribution < -0.4 is 9.80 Å². The Balaban J connectivity index is 0.910. The van der Waals surface area contributed by atoms with Crippen molar-refractivity contribution in [2.75, 3.05) is 9.80 Å². The molecule has 4 bridgehead atoms. The van der Waals surface area contributed by atoms with Crippen LogP contribution in [0.3, 0.4) is 0 Å². The fourth-order valence-corrected chi connectivity index (χ4v) is 20.7. The lowest BCUT2D eigenvalue weighted by molar-refractivity contribution is 0.394. The zero-order valence-electron chi connectivity index (χ0n) is 61.7. The third-order valence-electron chi connectivity index (χ3n) is 25.9. The summed E-state index contributed by atoms with van der Waals surface area (Å²) in [5.41, 5.74) is 31.5. The van der Waals surface area contributed by atoms with Crippen LogP contribution >= 0.6 is 0 Å². The molecule has 9 aromatic rings. The van der Waals surface area contributed by atoms with Crippen molar-refractivity contribution in [2.45, 2.75) is 281 Å². The molecule has 4 atom stereocenters. The van der Waals surface area contributed by atoms with Gasteiger partial charge in [-0.25, -0.2) is 0 Å². The van der Waals surface area contributed by atoms with Gasteiger partial charge in [-0.2, -0.15) is 0 Å². The maximum atomic E-state index is 2.89. The number of benzene rings is 9. The molecular formula is C98H116N2. The minimum Gasteiger partial charge on any atom is -0.310 e. The van der Waals surface area contributed by atoms with Gasteiger partial charge in [0.1, 0.15) is 0 Å². The zero-order valence-corrected chi connectivity index (χ0v) is 61.7. The minimum absolute atomic E-state index is 0.138. The Bertz CT molecular complexity index is 3920. The normalized spacial score (nSPS) is 18.0. The van der Waals surface area contributed by atoms with Crippen LogP contribution in [0.1, 0.15) is 314 Å². The highest BCUT2D eigenvalue weighted by Crippen LogP contribution is 2.63. The molecule has 2 heteroatoms. The molecule has 0 spiro atoms. The quantitative estimate of drug-likeness (QED) is 0.0361. The van der Waals surface area contributed by atoms with E-state index in [0.29, 0.717) is 11.8 Å². The van der Waals surface area contributed by atoms with E-state index in [0.717, 1.165) is 11.8 Å². The number of nitrogens with zero attached hydrogens (tertiary/aromatic N) is 2. The van der Waals surface area contributed by atoms with E-state index in [1.165, 1.54) is 297 Å². The summed E-state index contributed by atoms with van der Waals surface area (Å²) in [4.78, 5) is 5.29. The van der Waals surface area contributed by atoms with Gasteiger partial charge >= 0.3 is 0 Å². The van der Waals surface area contributed by atoms with Gasteiger partial charge in [-0.15, -0.1) is 0 Å². The third-order valence-corrected chi connectivity index (χ3v) is 25.9. The van der Waals surface area contributed by atoms with E-state index < -0.39 is 0 Å². The third kappa shape index (κ3) is 13.4. The number of fused-ring (bicyclic) bond motifs is 16. The summed E-state index contributed by atoms with van der Waals surface area (Å²) >= 11 is 0. The van der Waals surface area contributed by atoms with Crippen molar-refractivity contribution in [1.29, 1.82) is 0 Å². The number of hydrogen-bond donors (Lipinski definition) is 0. The largest absolute Gasteiger partial charge is 0.310 e. The Morgan fingerprint density at radius 1 is 0.260 bits per heavy atom. The number of unbranched alkanes of at least 4 members (excludes halogenated alkanes) is 20. The standard InChI is InChI=1S/C98H116N2/c1-5-9-13-17-21-35-59-97(60-36-22-18-14-10-6-2)91-67-79(99(77-39-27-25-28-40-77)95-45-33-31-43-83(95)75-51-55-81-71-47-49-73(63-71)87(81)65-75)53-57-85(91)89-70-94-90(69-93(89)97)86-58-54-80(68-92(86)98(94,61-37-23-19-15-11-7-3)62-38-24-20-16-12-8-4)100(78-41-29-26-30-42-78)96-46-34-32-44-84(96)76-52-56-82-72-48-50-74(64-72)88(82)66-76/h25-34,39-46,51-58,65-74H,5-24,35-38,47-50,59-64H2,1-4H3. The summed E-state index contributed by atoms with van der Waals surface area (Å²) in [6, 6.07) is 78.4. The molecule has 0 aliphatic heterocycles. The van der Waals surface area contributed by atoms with E-state index in [-0.39, 0.29) is 10.8 Å². The van der Waals surface area contributed by atoms with Crippen LogP contribution in [-0.4, -0.2) is 0 Å². The minimum atomic E-state index is -0.138. The first-order valence-electron chi connectivity index (χ1n) is 41.1. The molecular weight excluding hydrogens is 1210 g/mol. The first-order chi connectivity index (χ1) is 49.4. The summed E-state index contributed by atoms with van der Waals surface area (Å²) in [5, 5.41) is 0. The topological polar surface area (TPSA) is 6.48 Å².